The quantitative estimate of drug-likeness (QED) is 0.728. The van der Waals surface area contributed by atoms with Gasteiger partial charge < -0.3 is 11.5 Å². The van der Waals surface area contributed by atoms with Crippen molar-refractivity contribution < 1.29 is 9.59 Å². The van der Waals surface area contributed by atoms with Crippen molar-refractivity contribution in [2.45, 2.75) is 13.3 Å². The summed E-state index contributed by atoms with van der Waals surface area (Å²) in [5.74, 6) is -1.27. The van der Waals surface area contributed by atoms with Gasteiger partial charge in [-0.2, -0.15) is 0 Å². The van der Waals surface area contributed by atoms with Crippen LogP contribution >= 0.6 is 0 Å². The summed E-state index contributed by atoms with van der Waals surface area (Å²) in [7, 11) is 0. The van der Waals surface area contributed by atoms with Gasteiger partial charge in [0.2, 0.25) is 11.8 Å². The number of primary amides is 2. The fourth-order valence-electron chi connectivity index (χ4n) is 1.23. The molecule has 0 spiro atoms. The van der Waals surface area contributed by atoms with Gasteiger partial charge in [0.15, 0.2) is 0 Å². The average Bonchev–Trinajstić information content (AvgIpc) is 2.16. The van der Waals surface area contributed by atoms with Crippen LogP contribution in [0.2, 0.25) is 0 Å². The zero-order valence-electron chi connectivity index (χ0n) is 7.91. The molecule has 74 valence electrons. The van der Waals surface area contributed by atoms with E-state index in [1.54, 1.807) is 12.1 Å². The Labute approximate surface area is 81.9 Å². The van der Waals surface area contributed by atoms with E-state index in [1.165, 1.54) is 6.07 Å². The lowest BCUT2D eigenvalue weighted by atomic mass is 10.0. The molecule has 0 radical (unpaired) electrons. The van der Waals surface area contributed by atoms with E-state index in [-0.39, 0.29) is 11.1 Å². The first-order valence-corrected chi connectivity index (χ1v) is 4.28. The highest BCUT2D eigenvalue weighted by Gasteiger charge is 2.12. The number of aryl methyl sites for hydroxylation is 1. The molecule has 4 nitrogen and oxygen atoms in total. The summed E-state index contributed by atoms with van der Waals surface area (Å²) in [5.41, 5.74) is 11.5. The van der Waals surface area contributed by atoms with Crippen molar-refractivity contribution in [3.05, 3.63) is 34.9 Å². The molecule has 2 amide bonds. The maximum atomic E-state index is 11.0. The SMILES string of the molecule is CCc1ccc(C(N)=O)c(C(N)=O)c1. The number of hydrogen-bond acceptors (Lipinski definition) is 2. The minimum atomic E-state index is -0.638. The van der Waals surface area contributed by atoms with Gasteiger partial charge in [-0.25, -0.2) is 0 Å². The first-order valence-electron chi connectivity index (χ1n) is 4.28. The zero-order chi connectivity index (χ0) is 10.7. The van der Waals surface area contributed by atoms with Gasteiger partial charge in [-0.1, -0.05) is 13.0 Å². The van der Waals surface area contributed by atoms with Gasteiger partial charge in [0.25, 0.3) is 0 Å². The summed E-state index contributed by atoms with van der Waals surface area (Å²) in [6, 6.07) is 4.89. The Kier molecular flexibility index (Phi) is 2.86. The van der Waals surface area contributed by atoms with Crippen LogP contribution < -0.4 is 11.5 Å². The Morgan fingerprint density at radius 3 is 2.14 bits per heavy atom. The van der Waals surface area contributed by atoms with E-state index < -0.39 is 11.8 Å². The van der Waals surface area contributed by atoms with Crippen molar-refractivity contribution in [3.8, 4) is 0 Å². The van der Waals surface area contributed by atoms with E-state index in [9.17, 15) is 9.59 Å². The number of rotatable bonds is 3. The van der Waals surface area contributed by atoms with Gasteiger partial charge >= 0.3 is 0 Å². The third kappa shape index (κ3) is 1.90. The summed E-state index contributed by atoms with van der Waals surface area (Å²) in [4.78, 5) is 21.9. The smallest absolute Gasteiger partial charge is 0.249 e. The Morgan fingerprint density at radius 1 is 1.14 bits per heavy atom. The molecule has 0 heterocycles. The number of nitrogens with two attached hydrogens (primary N) is 2. The number of hydrogen-bond donors (Lipinski definition) is 2. The summed E-state index contributed by atoms with van der Waals surface area (Å²) in [6.45, 7) is 1.95. The lowest BCUT2D eigenvalue weighted by molar-refractivity contribution is 0.0967. The van der Waals surface area contributed by atoms with Gasteiger partial charge in [0, 0.05) is 0 Å². The molecule has 0 fully saturated rings. The molecule has 0 atom stereocenters. The highest BCUT2D eigenvalue weighted by Crippen LogP contribution is 2.11. The van der Waals surface area contributed by atoms with Crippen LogP contribution in [0, 0.1) is 0 Å². The molecule has 0 saturated heterocycles. The molecule has 4 heteroatoms. The summed E-state index contributed by atoms with van der Waals surface area (Å²) >= 11 is 0. The topological polar surface area (TPSA) is 86.2 Å². The third-order valence-electron chi connectivity index (χ3n) is 2.02. The zero-order valence-corrected chi connectivity index (χ0v) is 7.91. The number of benzene rings is 1. The van der Waals surface area contributed by atoms with Gasteiger partial charge in [-0.15, -0.1) is 0 Å². The second-order valence-corrected chi connectivity index (χ2v) is 2.96. The molecule has 0 saturated carbocycles. The van der Waals surface area contributed by atoms with Crippen LogP contribution in [0.5, 0.6) is 0 Å². The van der Waals surface area contributed by atoms with Crippen molar-refractivity contribution in [3.63, 3.8) is 0 Å². The lowest BCUT2D eigenvalue weighted by Gasteiger charge is -2.04. The predicted molar refractivity (Wildman–Crippen MR) is 52.9 cm³/mol. The van der Waals surface area contributed by atoms with Crippen molar-refractivity contribution in [1.82, 2.24) is 0 Å². The van der Waals surface area contributed by atoms with Crippen LogP contribution in [-0.4, -0.2) is 11.8 Å². The van der Waals surface area contributed by atoms with Gasteiger partial charge in [0.05, 0.1) is 11.1 Å². The van der Waals surface area contributed by atoms with E-state index in [1.807, 2.05) is 6.92 Å². The molecule has 0 aliphatic rings. The van der Waals surface area contributed by atoms with Crippen LogP contribution in [0.15, 0.2) is 18.2 Å². The molecule has 1 rings (SSSR count). The van der Waals surface area contributed by atoms with Gasteiger partial charge in [-0.05, 0) is 24.1 Å². The molecule has 0 aliphatic heterocycles. The normalized spacial score (nSPS) is 9.79. The molecule has 1 aromatic rings. The van der Waals surface area contributed by atoms with Gasteiger partial charge in [-0.3, -0.25) is 9.59 Å². The molecule has 0 bridgehead atoms. The van der Waals surface area contributed by atoms with E-state index >= 15 is 0 Å². The second kappa shape index (κ2) is 3.91. The van der Waals surface area contributed by atoms with E-state index in [0.717, 1.165) is 12.0 Å². The summed E-state index contributed by atoms with van der Waals surface area (Å²) in [6.07, 6.45) is 0.777. The average molecular weight is 192 g/mol. The Hall–Kier alpha value is -1.84. The Bertz CT molecular complexity index is 386. The maximum Gasteiger partial charge on any atom is 0.249 e. The third-order valence-corrected chi connectivity index (χ3v) is 2.02. The standard InChI is InChI=1S/C10H12N2O2/c1-2-6-3-4-7(9(11)13)8(5-6)10(12)14/h3-5H,2H2,1H3,(H2,11,13)(H2,12,14). The summed E-state index contributed by atoms with van der Waals surface area (Å²) < 4.78 is 0. The molecule has 4 N–H and O–H groups in total. The summed E-state index contributed by atoms with van der Waals surface area (Å²) in [5, 5.41) is 0. The minimum Gasteiger partial charge on any atom is -0.366 e. The maximum absolute atomic E-state index is 11.0. The molecule has 14 heavy (non-hydrogen) atoms. The first-order chi connectivity index (χ1) is 6.56. The highest BCUT2D eigenvalue weighted by atomic mass is 16.2. The fourth-order valence-corrected chi connectivity index (χ4v) is 1.23. The Morgan fingerprint density at radius 2 is 1.71 bits per heavy atom. The number of carbonyl (C=O) groups is 2. The largest absolute Gasteiger partial charge is 0.366 e. The number of carbonyl (C=O) groups excluding carboxylic acids is 2. The molecule has 1 aromatic carbocycles. The van der Waals surface area contributed by atoms with E-state index in [2.05, 4.69) is 0 Å². The highest BCUT2D eigenvalue weighted by molar-refractivity contribution is 6.06. The lowest BCUT2D eigenvalue weighted by Crippen LogP contribution is -2.20. The van der Waals surface area contributed by atoms with E-state index in [4.69, 9.17) is 11.5 Å². The van der Waals surface area contributed by atoms with Crippen LogP contribution in [0.25, 0.3) is 0 Å². The fraction of sp³-hybridized carbons (Fsp3) is 0.200. The van der Waals surface area contributed by atoms with Crippen molar-refractivity contribution in [2.24, 2.45) is 11.5 Å². The second-order valence-electron chi connectivity index (χ2n) is 2.96. The van der Waals surface area contributed by atoms with Crippen LogP contribution in [0.4, 0.5) is 0 Å². The van der Waals surface area contributed by atoms with Crippen molar-refractivity contribution >= 4 is 11.8 Å². The molecule has 0 unspecified atom stereocenters. The van der Waals surface area contributed by atoms with Crippen molar-refractivity contribution in [1.29, 1.82) is 0 Å². The van der Waals surface area contributed by atoms with Crippen LogP contribution in [0.1, 0.15) is 33.2 Å². The van der Waals surface area contributed by atoms with Crippen molar-refractivity contribution in [2.75, 3.05) is 0 Å². The first kappa shape index (κ1) is 10.2. The molecular formula is C10H12N2O2. The number of amides is 2. The van der Waals surface area contributed by atoms with Gasteiger partial charge in [0.1, 0.15) is 0 Å². The predicted octanol–water partition coefficient (Wildman–Crippen LogP) is 0.447. The minimum absolute atomic E-state index is 0.176. The monoisotopic (exact) mass is 192 g/mol. The molecular weight excluding hydrogens is 180 g/mol. The molecule has 0 aliphatic carbocycles. The molecule has 0 aromatic heterocycles. The van der Waals surface area contributed by atoms with Crippen LogP contribution in [-0.2, 0) is 6.42 Å². The van der Waals surface area contributed by atoms with Crippen LogP contribution in [0.3, 0.4) is 0 Å². The Balaban J connectivity index is 3.31. The van der Waals surface area contributed by atoms with E-state index in [0.29, 0.717) is 0 Å².